The molecule has 1 aromatic heterocycles. The van der Waals surface area contributed by atoms with Gasteiger partial charge < -0.3 is 14.8 Å². The fraction of sp³-hybridized carbons (Fsp3) is 0.769. The van der Waals surface area contributed by atoms with Gasteiger partial charge in [0, 0.05) is 33.7 Å². The molecule has 1 N–H and O–H groups in total. The Morgan fingerprint density at radius 1 is 1.53 bits per heavy atom. The molecule has 1 aliphatic carbocycles. The van der Waals surface area contributed by atoms with Gasteiger partial charge in [-0.25, -0.2) is 4.98 Å². The van der Waals surface area contributed by atoms with Crippen LogP contribution >= 0.6 is 0 Å². The summed E-state index contributed by atoms with van der Waals surface area (Å²) in [6.45, 7) is 3.19. The van der Waals surface area contributed by atoms with Gasteiger partial charge in [-0.1, -0.05) is 12.8 Å². The molecule has 1 fully saturated rings. The lowest BCUT2D eigenvalue weighted by molar-refractivity contribution is 0.480. The van der Waals surface area contributed by atoms with Crippen molar-refractivity contribution in [3.05, 3.63) is 11.9 Å². The van der Waals surface area contributed by atoms with Gasteiger partial charge in [0.05, 0.1) is 11.9 Å². The topological polar surface area (TPSA) is 33.1 Å². The Bertz CT molecular complexity index is 365. The first-order valence-corrected chi connectivity index (χ1v) is 6.49. The van der Waals surface area contributed by atoms with E-state index < -0.39 is 0 Å². The molecule has 1 unspecified atom stereocenters. The second kappa shape index (κ2) is 5.08. The standard InChI is InChI=1S/C13H24N4/c1-10(7-11-5-6-11)14-8-12-9-15-13(16(2)3)17(12)4/h9-11,14H,5-8H2,1-4H3. The molecule has 0 radical (unpaired) electrons. The first kappa shape index (κ1) is 12.4. The molecule has 0 aliphatic heterocycles. The number of imidazole rings is 1. The molecule has 4 heteroatoms. The van der Waals surface area contributed by atoms with Gasteiger partial charge in [0.15, 0.2) is 0 Å². The van der Waals surface area contributed by atoms with E-state index in [4.69, 9.17) is 0 Å². The van der Waals surface area contributed by atoms with Crippen LogP contribution < -0.4 is 10.2 Å². The van der Waals surface area contributed by atoms with Gasteiger partial charge in [0.25, 0.3) is 0 Å². The van der Waals surface area contributed by atoms with Gasteiger partial charge in [0.2, 0.25) is 5.95 Å². The van der Waals surface area contributed by atoms with E-state index in [1.54, 1.807) is 0 Å². The lowest BCUT2D eigenvalue weighted by Crippen LogP contribution is -2.27. The van der Waals surface area contributed by atoms with E-state index in [1.165, 1.54) is 25.0 Å². The Labute approximate surface area is 104 Å². The zero-order chi connectivity index (χ0) is 12.4. The van der Waals surface area contributed by atoms with Crippen LogP contribution in [-0.2, 0) is 13.6 Å². The summed E-state index contributed by atoms with van der Waals surface area (Å²) in [5.41, 5.74) is 1.25. The van der Waals surface area contributed by atoms with Crippen LogP contribution in [0.2, 0.25) is 0 Å². The summed E-state index contributed by atoms with van der Waals surface area (Å²) in [4.78, 5) is 6.45. The summed E-state index contributed by atoms with van der Waals surface area (Å²) < 4.78 is 2.15. The normalized spacial score (nSPS) is 17.2. The number of aromatic nitrogens is 2. The fourth-order valence-corrected chi connectivity index (χ4v) is 2.23. The molecule has 1 heterocycles. The highest BCUT2D eigenvalue weighted by Gasteiger charge is 2.23. The van der Waals surface area contributed by atoms with Crippen molar-refractivity contribution in [2.75, 3.05) is 19.0 Å². The number of hydrogen-bond acceptors (Lipinski definition) is 3. The lowest BCUT2D eigenvalue weighted by atomic mass is 10.1. The molecule has 1 aromatic rings. The molecule has 96 valence electrons. The Hall–Kier alpha value is -1.03. The van der Waals surface area contributed by atoms with Gasteiger partial charge >= 0.3 is 0 Å². The van der Waals surface area contributed by atoms with Crippen molar-refractivity contribution in [3.8, 4) is 0 Å². The zero-order valence-electron chi connectivity index (χ0n) is 11.4. The maximum Gasteiger partial charge on any atom is 0.204 e. The first-order valence-electron chi connectivity index (χ1n) is 6.49. The molecule has 0 spiro atoms. The van der Waals surface area contributed by atoms with Crippen LogP contribution in [0.4, 0.5) is 5.95 Å². The fourth-order valence-electron chi connectivity index (χ4n) is 2.23. The Kier molecular flexibility index (Phi) is 3.72. The molecular formula is C13H24N4. The van der Waals surface area contributed by atoms with Crippen molar-refractivity contribution in [1.29, 1.82) is 0 Å². The van der Waals surface area contributed by atoms with E-state index in [0.29, 0.717) is 6.04 Å². The van der Waals surface area contributed by atoms with Crippen LogP contribution in [-0.4, -0.2) is 29.7 Å². The maximum atomic E-state index is 4.42. The first-order chi connectivity index (χ1) is 8.08. The molecule has 1 aliphatic rings. The van der Waals surface area contributed by atoms with Gasteiger partial charge in [-0.3, -0.25) is 0 Å². The van der Waals surface area contributed by atoms with Crippen LogP contribution in [0.15, 0.2) is 6.20 Å². The minimum atomic E-state index is 0.611. The van der Waals surface area contributed by atoms with Crippen LogP contribution in [0.3, 0.4) is 0 Å². The monoisotopic (exact) mass is 236 g/mol. The predicted molar refractivity (Wildman–Crippen MR) is 71.2 cm³/mol. The molecule has 0 aromatic carbocycles. The SMILES string of the molecule is CC(CC1CC1)NCc1cnc(N(C)C)n1C. The van der Waals surface area contributed by atoms with E-state index in [0.717, 1.165) is 18.4 Å². The summed E-state index contributed by atoms with van der Waals surface area (Å²) in [5, 5.41) is 3.58. The van der Waals surface area contributed by atoms with Crippen molar-refractivity contribution < 1.29 is 0 Å². The molecule has 2 rings (SSSR count). The quantitative estimate of drug-likeness (QED) is 0.817. The molecule has 1 saturated carbocycles. The zero-order valence-corrected chi connectivity index (χ0v) is 11.4. The second-order valence-electron chi connectivity index (χ2n) is 5.46. The van der Waals surface area contributed by atoms with Crippen molar-refractivity contribution >= 4 is 5.95 Å². The average molecular weight is 236 g/mol. The van der Waals surface area contributed by atoms with Crippen molar-refractivity contribution in [2.45, 2.75) is 38.8 Å². The average Bonchev–Trinajstić information content (AvgIpc) is 2.98. The van der Waals surface area contributed by atoms with Gasteiger partial charge in [-0.15, -0.1) is 0 Å². The summed E-state index contributed by atoms with van der Waals surface area (Å²) in [6, 6.07) is 0.611. The van der Waals surface area contributed by atoms with Crippen LogP contribution in [0, 0.1) is 5.92 Å². The van der Waals surface area contributed by atoms with E-state index in [9.17, 15) is 0 Å². The summed E-state index contributed by atoms with van der Waals surface area (Å²) in [7, 11) is 6.12. The van der Waals surface area contributed by atoms with E-state index >= 15 is 0 Å². The molecular weight excluding hydrogens is 212 g/mol. The highest BCUT2D eigenvalue weighted by Crippen LogP contribution is 2.33. The third kappa shape index (κ3) is 3.22. The van der Waals surface area contributed by atoms with Crippen LogP contribution in [0.5, 0.6) is 0 Å². The second-order valence-corrected chi connectivity index (χ2v) is 5.46. The number of nitrogens with one attached hydrogen (secondary N) is 1. The van der Waals surface area contributed by atoms with Gasteiger partial charge in [0.1, 0.15) is 0 Å². The van der Waals surface area contributed by atoms with Gasteiger partial charge in [-0.2, -0.15) is 0 Å². The molecule has 4 nitrogen and oxygen atoms in total. The maximum absolute atomic E-state index is 4.42. The minimum absolute atomic E-state index is 0.611. The minimum Gasteiger partial charge on any atom is -0.348 e. The molecule has 1 atom stereocenters. The number of anilines is 1. The van der Waals surface area contributed by atoms with Crippen LogP contribution in [0.25, 0.3) is 0 Å². The summed E-state index contributed by atoms with van der Waals surface area (Å²) in [6.07, 6.45) is 6.15. The Balaban J connectivity index is 1.85. The van der Waals surface area contributed by atoms with E-state index in [2.05, 4.69) is 28.8 Å². The third-order valence-electron chi connectivity index (χ3n) is 3.48. The molecule has 17 heavy (non-hydrogen) atoms. The largest absolute Gasteiger partial charge is 0.348 e. The van der Waals surface area contributed by atoms with E-state index in [-0.39, 0.29) is 0 Å². The lowest BCUT2D eigenvalue weighted by Gasteiger charge is -2.15. The molecule has 0 saturated heterocycles. The summed E-state index contributed by atoms with van der Waals surface area (Å²) >= 11 is 0. The highest BCUT2D eigenvalue weighted by molar-refractivity contribution is 5.30. The number of rotatable bonds is 6. The van der Waals surface area contributed by atoms with Crippen molar-refractivity contribution in [1.82, 2.24) is 14.9 Å². The molecule has 0 amide bonds. The molecule has 0 bridgehead atoms. The highest BCUT2D eigenvalue weighted by atomic mass is 15.3. The van der Waals surface area contributed by atoms with Crippen molar-refractivity contribution in [3.63, 3.8) is 0 Å². The Morgan fingerprint density at radius 2 is 2.24 bits per heavy atom. The van der Waals surface area contributed by atoms with Gasteiger partial charge in [-0.05, 0) is 19.3 Å². The smallest absolute Gasteiger partial charge is 0.204 e. The third-order valence-corrected chi connectivity index (χ3v) is 3.48. The van der Waals surface area contributed by atoms with Crippen molar-refractivity contribution in [2.24, 2.45) is 13.0 Å². The Morgan fingerprint density at radius 3 is 2.76 bits per heavy atom. The predicted octanol–water partition coefficient (Wildman–Crippen LogP) is 1.76. The van der Waals surface area contributed by atoms with E-state index in [1.807, 2.05) is 25.2 Å². The number of hydrogen-bond donors (Lipinski definition) is 1. The number of nitrogens with zero attached hydrogens (tertiary/aromatic N) is 3. The van der Waals surface area contributed by atoms with Crippen LogP contribution in [0.1, 0.15) is 31.9 Å². The summed E-state index contributed by atoms with van der Waals surface area (Å²) in [5.74, 6) is 2.00.